The van der Waals surface area contributed by atoms with E-state index in [-0.39, 0.29) is 12.2 Å². The van der Waals surface area contributed by atoms with Crippen molar-refractivity contribution < 1.29 is 14.7 Å². The van der Waals surface area contributed by atoms with Gasteiger partial charge in [0.05, 0.1) is 5.92 Å². The number of nitrogens with one attached hydrogen (secondary N) is 2. The molecule has 1 atom stereocenters. The smallest absolute Gasteiger partial charge is 0.308 e. The summed E-state index contributed by atoms with van der Waals surface area (Å²) in [7, 11) is 0. The second kappa shape index (κ2) is 6.53. The van der Waals surface area contributed by atoms with Crippen LogP contribution in [0.4, 0.5) is 0 Å². The summed E-state index contributed by atoms with van der Waals surface area (Å²) in [6, 6.07) is 2.46. The van der Waals surface area contributed by atoms with E-state index in [1.807, 2.05) is 6.92 Å². The highest BCUT2D eigenvalue weighted by Crippen LogP contribution is 2.05. The number of carboxylic acids is 1. The van der Waals surface area contributed by atoms with Gasteiger partial charge in [-0.15, -0.1) is 0 Å². The topological polar surface area (TPSA) is 112 Å². The van der Waals surface area contributed by atoms with E-state index < -0.39 is 23.4 Å². The van der Waals surface area contributed by atoms with Crippen molar-refractivity contribution in [3.8, 4) is 0 Å². The van der Waals surface area contributed by atoms with Crippen molar-refractivity contribution in [1.82, 2.24) is 15.5 Å². The molecule has 1 heterocycles. The van der Waals surface area contributed by atoms with Gasteiger partial charge in [-0.05, 0) is 12.5 Å². The molecule has 0 radical (unpaired) electrons. The summed E-state index contributed by atoms with van der Waals surface area (Å²) in [5, 5.41) is 17.1. The zero-order valence-electron chi connectivity index (χ0n) is 9.97. The molecule has 98 valence electrons. The molecule has 0 aliphatic heterocycles. The summed E-state index contributed by atoms with van der Waals surface area (Å²) in [5.41, 5.74) is -0.351. The van der Waals surface area contributed by atoms with Gasteiger partial charge >= 0.3 is 5.97 Å². The SMILES string of the molecule is CCCC(CNC(=O)c1ccc(=O)[nH]n1)C(=O)O. The summed E-state index contributed by atoms with van der Waals surface area (Å²) in [6.07, 6.45) is 1.22. The van der Waals surface area contributed by atoms with Crippen molar-refractivity contribution in [1.29, 1.82) is 0 Å². The fourth-order valence-electron chi connectivity index (χ4n) is 1.44. The van der Waals surface area contributed by atoms with Crippen LogP contribution in [0.5, 0.6) is 0 Å². The highest BCUT2D eigenvalue weighted by molar-refractivity contribution is 5.92. The van der Waals surface area contributed by atoms with E-state index in [1.165, 1.54) is 12.1 Å². The van der Waals surface area contributed by atoms with Crippen LogP contribution in [0.15, 0.2) is 16.9 Å². The summed E-state index contributed by atoms with van der Waals surface area (Å²) < 4.78 is 0. The minimum Gasteiger partial charge on any atom is -0.481 e. The van der Waals surface area contributed by atoms with Crippen LogP contribution in [-0.4, -0.2) is 33.7 Å². The van der Waals surface area contributed by atoms with Gasteiger partial charge in [-0.1, -0.05) is 13.3 Å². The molecule has 7 nitrogen and oxygen atoms in total. The lowest BCUT2D eigenvalue weighted by Gasteiger charge is -2.11. The van der Waals surface area contributed by atoms with Gasteiger partial charge in [0.1, 0.15) is 5.69 Å². The highest BCUT2D eigenvalue weighted by Gasteiger charge is 2.18. The number of hydrogen-bond acceptors (Lipinski definition) is 4. The van der Waals surface area contributed by atoms with Gasteiger partial charge in [-0.2, -0.15) is 5.10 Å². The standard InChI is InChI=1S/C11H15N3O4/c1-2-3-7(11(17)18)6-12-10(16)8-4-5-9(15)14-13-8/h4-5,7H,2-3,6H2,1H3,(H,12,16)(H,14,15)(H,17,18). The van der Waals surface area contributed by atoms with Crippen molar-refractivity contribution >= 4 is 11.9 Å². The molecule has 0 spiro atoms. The maximum atomic E-state index is 11.6. The molecule has 1 aromatic rings. The molecular weight excluding hydrogens is 238 g/mol. The monoisotopic (exact) mass is 253 g/mol. The minimum absolute atomic E-state index is 0.0445. The fourth-order valence-corrected chi connectivity index (χ4v) is 1.44. The van der Waals surface area contributed by atoms with Gasteiger partial charge in [-0.3, -0.25) is 14.4 Å². The Balaban J connectivity index is 2.57. The molecule has 0 aliphatic carbocycles. The first-order valence-corrected chi connectivity index (χ1v) is 5.61. The molecule has 0 saturated heterocycles. The quantitative estimate of drug-likeness (QED) is 0.660. The number of amides is 1. The van der Waals surface area contributed by atoms with E-state index in [1.54, 1.807) is 0 Å². The number of carbonyl (C=O) groups excluding carboxylic acids is 1. The van der Waals surface area contributed by atoms with Crippen molar-refractivity contribution in [3.63, 3.8) is 0 Å². The first-order chi connectivity index (χ1) is 8.54. The Labute approximate surface area is 103 Å². The van der Waals surface area contributed by atoms with Crippen LogP contribution in [-0.2, 0) is 4.79 Å². The van der Waals surface area contributed by atoms with E-state index in [4.69, 9.17) is 5.11 Å². The summed E-state index contributed by atoms with van der Waals surface area (Å²) >= 11 is 0. The lowest BCUT2D eigenvalue weighted by Crippen LogP contribution is -2.33. The normalized spacial score (nSPS) is 11.8. The van der Waals surface area contributed by atoms with Gasteiger partial charge in [0.25, 0.3) is 11.5 Å². The van der Waals surface area contributed by atoms with Gasteiger partial charge in [-0.25, -0.2) is 5.10 Å². The maximum Gasteiger partial charge on any atom is 0.308 e. The number of aromatic amines is 1. The fraction of sp³-hybridized carbons (Fsp3) is 0.455. The van der Waals surface area contributed by atoms with Crippen molar-refractivity contribution in [2.75, 3.05) is 6.54 Å². The third-order valence-corrected chi connectivity index (χ3v) is 2.41. The number of rotatable bonds is 6. The third-order valence-electron chi connectivity index (χ3n) is 2.41. The Morgan fingerprint density at radius 2 is 2.22 bits per heavy atom. The Morgan fingerprint density at radius 3 is 2.72 bits per heavy atom. The van der Waals surface area contributed by atoms with E-state index in [9.17, 15) is 14.4 Å². The van der Waals surface area contributed by atoms with Crippen LogP contribution in [0, 0.1) is 5.92 Å². The average Bonchev–Trinajstić information content (AvgIpc) is 2.34. The summed E-state index contributed by atoms with van der Waals surface area (Å²) in [4.78, 5) is 33.2. The van der Waals surface area contributed by atoms with Crippen LogP contribution in [0.3, 0.4) is 0 Å². The van der Waals surface area contributed by atoms with Gasteiger partial charge in [0, 0.05) is 12.6 Å². The van der Waals surface area contributed by atoms with Crippen LogP contribution in [0.1, 0.15) is 30.3 Å². The van der Waals surface area contributed by atoms with Gasteiger partial charge in [0.2, 0.25) is 0 Å². The largest absolute Gasteiger partial charge is 0.481 e. The Bertz CT molecular complexity index is 463. The molecule has 1 amide bonds. The maximum absolute atomic E-state index is 11.6. The zero-order chi connectivity index (χ0) is 13.5. The zero-order valence-corrected chi connectivity index (χ0v) is 9.97. The highest BCUT2D eigenvalue weighted by atomic mass is 16.4. The summed E-state index contributed by atoms with van der Waals surface area (Å²) in [6.45, 7) is 1.92. The molecule has 0 aliphatic rings. The number of H-pyrrole nitrogens is 1. The molecule has 0 fully saturated rings. The van der Waals surface area contributed by atoms with Crippen LogP contribution >= 0.6 is 0 Å². The van der Waals surface area contributed by atoms with Crippen LogP contribution in [0.25, 0.3) is 0 Å². The predicted octanol–water partition coefficient (Wildman–Crippen LogP) is 0.000600. The lowest BCUT2D eigenvalue weighted by atomic mass is 10.0. The second-order valence-electron chi connectivity index (χ2n) is 3.84. The molecular formula is C11H15N3O4. The first kappa shape index (κ1) is 13.9. The number of hydrogen-bond donors (Lipinski definition) is 3. The molecule has 7 heteroatoms. The van der Waals surface area contributed by atoms with E-state index in [2.05, 4.69) is 15.5 Å². The third kappa shape index (κ3) is 4.00. The Morgan fingerprint density at radius 1 is 1.50 bits per heavy atom. The van der Waals surface area contributed by atoms with E-state index in [0.717, 1.165) is 6.42 Å². The molecule has 1 aromatic heterocycles. The Kier molecular flexibility index (Phi) is 5.04. The molecule has 1 unspecified atom stereocenters. The van der Waals surface area contributed by atoms with E-state index >= 15 is 0 Å². The Hall–Kier alpha value is -2.18. The molecule has 18 heavy (non-hydrogen) atoms. The molecule has 3 N–H and O–H groups in total. The van der Waals surface area contributed by atoms with Gasteiger partial charge in [0.15, 0.2) is 0 Å². The average molecular weight is 253 g/mol. The molecule has 0 saturated carbocycles. The summed E-state index contributed by atoms with van der Waals surface area (Å²) in [5.74, 6) is -2.05. The van der Waals surface area contributed by atoms with Crippen molar-refractivity contribution in [2.24, 2.45) is 5.92 Å². The molecule has 0 aromatic carbocycles. The van der Waals surface area contributed by atoms with Gasteiger partial charge < -0.3 is 10.4 Å². The number of carboxylic acid groups (broad SMARTS) is 1. The number of nitrogens with zero attached hydrogens (tertiary/aromatic N) is 1. The van der Waals surface area contributed by atoms with Crippen molar-refractivity contribution in [3.05, 3.63) is 28.2 Å². The number of aromatic nitrogens is 2. The van der Waals surface area contributed by atoms with Crippen LogP contribution < -0.4 is 10.9 Å². The minimum atomic E-state index is -0.938. The van der Waals surface area contributed by atoms with E-state index in [0.29, 0.717) is 6.42 Å². The number of aliphatic carboxylic acids is 1. The second-order valence-corrected chi connectivity index (χ2v) is 3.84. The lowest BCUT2D eigenvalue weighted by molar-refractivity contribution is -0.141. The predicted molar refractivity (Wildman–Crippen MR) is 63.2 cm³/mol. The number of carbonyl (C=O) groups is 2. The molecule has 0 bridgehead atoms. The van der Waals surface area contributed by atoms with Crippen LogP contribution in [0.2, 0.25) is 0 Å². The first-order valence-electron chi connectivity index (χ1n) is 5.61. The molecule has 1 rings (SSSR count). The van der Waals surface area contributed by atoms with Crippen molar-refractivity contribution in [2.45, 2.75) is 19.8 Å².